The largest absolute Gasteiger partial charge is 0.312 e. The maximum atomic E-state index is 12.2. The summed E-state index contributed by atoms with van der Waals surface area (Å²) in [5.74, 6) is 0.594. The van der Waals surface area contributed by atoms with E-state index in [0.717, 1.165) is 13.0 Å². The molecule has 19 heavy (non-hydrogen) atoms. The molecule has 2 saturated heterocycles. The van der Waals surface area contributed by atoms with Crippen LogP contribution in [-0.4, -0.2) is 35.8 Å². The summed E-state index contributed by atoms with van der Waals surface area (Å²) in [5, 5.41) is 3.48. The first-order valence-electron chi connectivity index (χ1n) is 7.49. The molecule has 0 aromatic carbocycles. The molecule has 0 bridgehead atoms. The number of imide groups is 1. The lowest BCUT2D eigenvalue weighted by Gasteiger charge is -2.39. The fourth-order valence-corrected chi connectivity index (χ4v) is 3.33. The highest BCUT2D eigenvalue weighted by atomic mass is 16.2. The first kappa shape index (κ1) is 14.5. The highest BCUT2D eigenvalue weighted by Gasteiger charge is 2.39. The molecule has 108 valence electrons. The number of carbonyl (C=O) groups excluding carboxylic acids is 2. The van der Waals surface area contributed by atoms with Gasteiger partial charge in [0.2, 0.25) is 11.8 Å². The molecule has 0 spiro atoms. The fraction of sp³-hybridized carbons (Fsp3) is 0.867. The SMILES string of the molecule is CCC1CCCNC1CN1C(=O)CC(C)(C)CC1=O. The summed E-state index contributed by atoms with van der Waals surface area (Å²) in [5.41, 5.74) is -0.172. The van der Waals surface area contributed by atoms with Crippen LogP contribution in [0, 0.1) is 11.3 Å². The summed E-state index contributed by atoms with van der Waals surface area (Å²) in [7, 11) is 0. The van der Waals surface area contributed by atoms with E-state index in [1.807, 2.05) is 13.8 Å². The van der Waals surface area contributed by atoms with Crippen molar-refractivity contribution in [3.05, 3.63) is 0 Å². The summed E-state index contributed by atoms with van der Waals surface area (Å²) in [4.78, 5) is 25.8. The standard InChI is InChI=1S/C15H26N2O2/c1-4-11-6-5-7-16-12(11)10-17-13(18)8-15(2,3)9-14(17)19/h11-12,16H,4-10H2,1-3H3. The zero-order chi connectivity index (χ0) is 14.0. The Kier molecular flexibility index (Phi) is 4.29. The molecule has 2 rings (SSSR count). The van der Waals surface area contributed by atoms with Crippen molar-refractivity contribution in [2.45, 2.75) is 58.9 Å². The van der Waals surface area contributed by atoms with E-state index in [1.54, 1.807) is 0 Å². The quantitative estimate of drug-likeness (QED) is 0.794. The molecule has 2 aliphatic heterocycles. The van der Waals surface area contributed by atoms with E-state index < -0.39 is 0 Å². The van der Waals surface area contributed by atoms with Crippen LogP contribution in [0.1, 0.15) is 52.9 Å². The van der Waals surface area contributed by atoms with Gasteiger partial charge in [-0.2, -0.15) is 0 Å². The minimum absolute atomic E-state index is 0.00322. The number of nitrogens with zero attached hydrogens (tertiary/aromatic N) is 1. The van der Waals surface area contributed by atoms with Gasteiger partial charge in [0.1, 0.15) is 0 Å². The molecule has 0 aliphatic carbocycles. The van der Waals surface area contributed by atoms with Gasteiger partial charge >= 0.3 is 0 Å². The van der Waals surface area contributed by atoms with Crippen LogP contribution >= 0.6 is 0 Å². The van der Waals surface area contributed by atoms with Crippen molar-refractivity contribution in [3.8, 4) is 0 Å². The predicted octanol–water partition coefficient (Wildman–Crippen LogP) is 1.94. The van der Waals surface area contributed by atoms with Crippen LogP contribution in [0.15, 0.2) is 0 Å². The molecule has 4 nitrogen and oxygen atoms in total. The molecule has 2 atom stereocenters. The van der Waals surface area contributed by atoms with Crippen molar-refractivity contribution in [2.24, 2.45) is 11.3 Å². The molecule has 2 amide bonds. The lowest BCUT2D eigenvalue weighted by atomic mass is 9.81. The third-order valence-corrected chi connectivity index (χ3v) is 4.49. The monoisotopic (exact) mass is 266 g/mol. The Balaban J connectivity index is 2.01. The molecule has 1 N–H and O–H groups in total. The summed E-state index contributed by atoms with van der Waals surface area (Å²) >= 11 is 0. The van der Waals surface area contributed by atoms with Crippen molar-refractivity contribution in [1.29, 1.82) is 0 Å². The number of nitrogens with one attached hydrogen (secondary N) is 1. The van der Waals surface area contributed by atoms with Crippen LogP contribution < -0.4 is 5.32 Å². The average molecular weight is 266 g/mol. The lowest BCUT2D eigenvalue weighted by Crippen LogP contribution is -2.54. The maximum absolute atomic E-state index is 12.2. The Morgan fingerprint density at radius 3 is 2.47 bits per heavy atom. The van der Waals surface area contributed by atoms with Gasteiger partial charge in [0.25, 0.3) is 0 Å². The molecule has 2 fully saturated rings. The molecule has 0 aromatic heterocycles. The third-order valence-electron chi connectivity index (χ3n) is 4.49. The minimum Gasteiger partial charge on any atom is -0.312 e. The fourth-order valence-electron chi connectivity index (χ4n) is 3.33. The minimum atomic E-state index is -0.172. The molecular weight excluding hydrogens is 240 g/mol. The number of carbonyl (C=O) groups is 2. The molecule has 2 heterocycles. The molecule has 2 unspecified atom stereocenters. The second-order valence-corrected chi connectivity index (χ2v) is 6.79. The van der Waals surface area contributed by atoms with Crippen molar-refractivity contribution in [1.82, 2.24) is 10.2 Å². The van der Waals surface area contributed by atoms with Gasteiger partial charge in [-0.15, -0.1) is 0 Å². The van der Waals surface area contributed by atoms with Crippen LogP contribution in [-0.2, 0) is 9.59 Å². The number of likely N-dealkylation sites (tertiary alicyclic amines) is 1. The summed E-state index contributed by atoms with van der Waals surface area (Å²) < 4.78 is 0. The smallest absolute Gasteiger partial charge is 0.229 e. The van der Waals surface area contributed by atoms with E-state index in [0.29, 0.717) is 25.3 Å². The van der Waals surface area contributed by atoms with Crippen molar-refractivity contribution < 1.29 is 9.59 Å². The van der Waals surface area contributed by atoms with E-state index >= 15 is 0 Å². The van der Waals surface area contributed by atoms with E-state index in [4.69, 9.17) is 0 Å². The number of piperidine rings is 2. The number of hydrogen-bond donors (Lipinski definition) is 1. The van der Waals surface area contributed by atoms with Gasteiger partial charge in [0, 0.05) is 25.4 Å². The van der Waals surface area contributed by atoms with Gasteiger partial charge in [-0.05, 0) is 30.7 Å². The summed E-state index contributed by atoms with van der Waals surface area (Å²) in [6.07, 6.45) is 4.49. The predicted molar refractivity (Wildman–Crippen MR) is 74.5 cm³/mol. The van der Waals surface area contributed by atoms with E-state index in [2.05, 4.69) is 12.2 Å². The van der Waals surface area contributed by atoms with Crippen molar-refractivity contribution in [3.63, 3.8) is 0 Å². The van der Waals surface area contributed by atoms with Gasteiger partial charge in [-0.25, -0.2) is 0 Å². The van der Waals surface area contributed by atoms with Crippen LogP contribution in [0.5, 0.6) is 0 Å². The molecule has 4 heteroatoms. The number of rotatable bonds is 3. The average Bonchev–Trinajstić information content (AvgIpc) is 2.33. The van der Waals surface area contributed by atoms with Crippen LogP contribution in [0.4, 0.5) is 0 Å². The van der Waals surface area contributed by atoms with Crippen LogP contribution in [0.25, 0.3) is 0 Å². The second kappa shape index (κ2) is 5.61. The van der Waals surface area contributed by atoms with Gasteiger partial charge in [-0.1, -0.05) is 27.2 Å². The summed E-state index contributed by atoms with van der Waals surface area (Å²) in [6, 6.07) is 0.285. The normalized spacial score (nSPS) is 31.6. The van der Waals surface area contributed by atoms with Gasteiger partial charge < -0.3 is 5.32 Å². The van der Waals surface area contributed by atoms with Crippen molar-refractivity contribution >= 4 is 11.8 Å². The molecule has 0 radical (unpaired) electrons. The zero-order valence-corrected chi connectivity index (χ0v) is 12.4. The summed E-state index contributed by atoms with van der Waals surface area (Å²) in [6.45, 7) is 7.74. The van der Waals surface area contributed by atoms with Gasteiger partial charge in [0.05, 0.1) is 0 Å². The second-order valence-electron chi connectivity index (χ2n) is 6.79. The van der Waals surface area contributed by atoms with Gasteiger partial charge in [-0.3, -0.25) is 14.5 Å². The van der Waals surface area contributed by atoms with Gasteiger partial charge in [0.15, 0.2) is 0 Å². The molecule has 2 aliphatic rings. The highest BCUT2D eigenvalue weighted by Crippen LogP contribution is 2.32. The number of hydrogen-bond acceptors (Lipinski definition) is 3. The Morgan fingerprint density at radius 1 is 1.26 bits per heavy atom. The van der Waals surface area contributed by atoms with Crippen LogP contribution in [0.2, 0.25) is 0 Å². The molecular formula is C15H26N2O2. The lowest BCUT2D eigenvalue weighted by molar-refractivity contribution is -0.153. The highest BCUT2D eigenvalue weighted by molar-refractivity contribution is 5.98. The van der Waals surface area contributed by atoms with E-state index in [9.17, 15) is 9.59 Å². The Bertz CT molecular complexity index is 345. The Hall–Kier alpha value is -0.900. The van der Waals surface area contributed by atoms with E-state index in [-0.39, 0.29) is 23.3 Å². The third kappa shape index (κ3) is 3.35. The Labute approximate surface area is 115 Å². The molecule has 0 saturated carbocycles. The van der Waals surface area contributed by atoms with Crippen LogP contribution in [0.3, 0.4) is 0 Å². The first-order chi connectivity index (χ1) is 8.93. The topological polar surface area (TPSA) is 49.4 Å². The zero-order valence-electron chi connectivity index (χ0n) is 12.4. The Morgan fingerprint density at radius 2 is 1.89 bits per heavy atom. The first-order valence-corrected chi connectivity index (χ1v) is 7.49. The number of amides is 2. The molecule has 0 aromatic rings. The van der Waals surface area contributed by atoms with Crippen molar-refractivity contribution in [2.75, 3.05) is 13.1 Å². The maximum Gasteiger partial charge on any atom is 0.229 e. The van der Waals surface area contributed by atoms with E-state index in [1.165, 1.54) is 17.7 Å².